The number of anilines is 2. The summed E-state index contributed by atoms with van der Waals surface area (Å²) in [6.07, 6.45) is 0. The van der Waals surface area contributed by atoms with Crippen LogP contribution in [0.15, 0.2) is 36.4 Å². The second-order valence-corrected chi connectivity index (χ2v) is 5.34. The first-order valence-corrected chi connectivity index (χ1v) is 6.92. The summed E-state index contributed by atoms with van der Waals surface area (Å²) in [6, 6.07) is 12.7. The largest absolute Gasteiger partial charge is 0.368 e. The van der Waals surface area contributed by atoms with E-state index >= 15 is 0 Å². The molecule has 1 N–H and O–H groups in total. The molecule has 0 aliphatic carbocycles. The number of nitrogens with zero attached hydrogens (tertiary/aromatic N) is 3. The van der Waals surface area contributed by atoms with Crippen molar-refractivity contribution in [1.29, 1.82) is 0 Å². The lowest BCUT2D eigenvalue weighted by atomic mass is 10.2. The summed E-state index contributed by atoms with van der Waals surface area (Å²) in [6.45, 7) is 6.99. The predicted octanol–water partition coefficient (Wildman–Crippen LogP) is 3.24. The third kappa shape index (κ3) is 3.95. The summed E-state index contributed by atoms with van der Waals surface area (Å²) in [5.74, 6) is 1.62. The van der Waals surface area contributed by atoms with E-state index in [1.807, 2.05) is 38.2 Å². The molecule has 0 saturated carbocycles. The number of nitrogens with one attached hydrogen (secondary N) is 1. The Morgan fingerprint density at radius 3 is 2.50 bits per heavy atom. The molecule has 20 heavy (non-hydrogen) atoms. The van der Waals surface area contributed by atoms with Gasteiger partial charge in [-0.2, -0.15) is 4.98 Å². The lowest BCUT2D eigenvalue weighted by Crippen LogP contribution is -2.21. The SMILES string of the molecule is Cc1cc(NC(C)C)nc(N(C)Cc2ccccc2)n1. The fourth-order valence-electron chi connectivity index (χ4n) is 2.02. The number of hydrogen-bond acceptors (Lipinski definition) is 4. The molecule has 0 aliphatic heterocycles. The number of hydrogen-bond donors (Lipinski definition) is 1. The summed E-state index contributed by atoms with van der Waals surface area (Å²) in [7, 11) is 2.01. The molecule has 2 rings (SSSR count). The molecular formula is C16H22N4. The van der Waals surface area contributed by atoms with Gasteiger partial charge in [0.1, 0.15) is 5.82 Å². The highest BCUT2D eigenvalue weighted by atomic mass is 15.2. The molecule has 4 heteroatoms. The molecule has 4 nitrogen and oxygen atoms in total. The van der Waals surface area contributed by atoms with E-state index in [0.717, 1.165) is 24.0 Å². The van der Waals surface area contributed by atoms with E-state index < -0.39 is 0 Å². The van der Waals surface area contributed by atoms with E-state index in [0.29, 0.717) is 6.04 Å². The molecule has 1 aromatic heterocycles. The third-order valence-corrected chi connectivity index (χ3v) is 2.88. The molecule has 106 valence electrons. The second-order valence-electron chi connectivity index (χ2n) is 5.34. The van der Waals surface area contributed by atoms with Gasteiger partial charge in [-0.3, -0.25) is 0 Å². The van der Waals surface area contributed by atoms with Gasteiger partial charge in [0, 0.05) is 31.4 Å². The van der Waals surface area contributed by atoms with Gasteiger partial charge < -0.3 is 10.2 Å². The Morgan fingerprint density at radius 2 is 1.85 bits per heavy atom. The van der Waals surface area contributed by atoms with Gasteiger partial charge in [0.05, 0.1) is 0 Å². The van der Waals surface area contributed by atoms with Crippen LogP contribution in [0.1, 0.15) is 25.1 Å². The normalized spacial score (nSPS) is 10.7. The zero-order valence-corrected chi connectivity index (χ0v) is 12.6. The van der Waals surface area contributed by atoms with E-state index in [9.17, 15) is 0 Å². The summed E-state index contributed by atoms with van der Waals surface area (Å²) in [4.78, 5) is 11.1. The first kappa shape index (κ1) is 14.3. The van der Waals surface area contributed by atoms with Crippen molar-refractivity contribution in [2.75, 3.05) is 17.3 Å². The molecule has 1 aromatic carbocycles. The molecule has 0 radical (unpaired) electrons. The number of aromatic nitrogens is 2. The van der Waals surface area contributed by atoms with E-state index in [4.69, 9.17) is 0 Å². The van der Waals surface area contributed by atoms with Gasteiger partial charge in [0.25, 0.3) is 0 Å². The minimum atomic E-state index is 0.358. The van der Waals surface area contributed by atoms with Gasteiger partial charge in [0.2, 0.25) is 5.95 Å². The Bertz CT molecular complexity index is 552. The third-order valence-electron chi connectivity index (χ3n) is 2.88. The Kier molecular flexibility index (Phi) is 4.56. The molecule has 0 saturated heterocycles. The van der Waals surface area contributed by atoms with E-state index in [1.54, 1.807) is 0 Å². The van der Waals surface area contributed by atoms with Crippen LogP contribution >= 0.6 is 0 Å². The molecule has 1 heterocycles. The summed E-state index contributed by atoms with van der Waals surface area (Å²) >= 11 is 0. The average molecular weight is 270 g/mol. The van der Waals surface area contributed by atoms with Gasteiger partial charge in [-0.05, 0) is 26.3 Å². The van der Waals surface area contributed by atoms with E-state index in [-0.39, 0.29) is 0 Å². The van der Waals surface area contributed by atoms with Crippen LogP contribution in [0.5, 0.6) is 0 Å². The standard InChI is InChI=1S/C16H22N4/c1-12(2)17-15-10-13(3)18-16(19-15)20(4)11-14-8-6-5-7-9-14/h5-10,12H,11H2,1-4H3,(H,17,18,19). The average Bonchev–Trinajstić information content (AvgIpc) is 2.38. The quantitative estimate of drug-likeness (QED) is 0.905. The molecule has 0 bridgehead atoms. The molecule has 0 spiro atoms. The van der Waals surface area contributed by atoms with Crippen molar-refractivity contribution in [2.24, 2.45) is 0 Å². The Labute approximate surface area is 120 Å². The fourth-order valence-corrected chi connectivity index (χ4v) is 2.02. The van der Waals surface area contributed by atoms with Gasteiger partial charge >= 0.3 is 0 Å². The van der Waals surface area contributed by atoms with Gasteiger partial charge in [-0.1, -0.05) is 30.3 Å². The predicted molar refractivity (Wildman–Crippen MR) is 84.1 cm³/mol. The maximum Gasteiger partial charge on any atom is 0.227 e. The lowest BCUT2D eigenvalue weighted by molar-refractivity contribution is 0.844. The molecular weight excluding hydrogens is 248 g/mol. The Balaban J connectivity index is 2.16. The first-order chi connectivity index (χ1) is 9.54. The van der Waals surface area contributed by atoms with Crippen molar-refractivity contribution in [1.82, 2.24) is 9.97 Å². The van der Waals surface area contributed by atoms with Gasteiger partial charge in [0.15, 0.2) is 0 Å². The number of rotatable bonds is 5. The molecule has 0 atom stereocenters. The van der Waals surface area contributed by atoms with Crippen LogP contribution < -0.4 is 10.2 Å². The van der Waals surface area contributed by atoms with Crippen LogP contribution in [0, 0.1) is 6.92 Å². The van der Waals surface area contributed by atoms with Crippen molar-refractivity contribution >= 4 is 11.8 Å². The smallest absolute Gasteiger partial charge is 0.227 e. The Hall–Kier alpha value is -2.10. The number of aryl methyl sites for hydroxylation is 1. The minimum Gasteiger partial charge on any atom is -0.368 e. The highest BCUT2D eigenvalue weighted by molar-refractivity contribution is 5.44. The monoisotopic (exact) mass is 270 g/mol. The molecule has 2 aromatic rings. The second kappa shape index (κ2) is 6.37. The van der Waals surface area contributed by atoms with E-state index in [1.165, 1.54) is 5.56 Å². The van der Waals surface area contributed by atoms with Crippen molar-refractivity contribution < 1.29 is 0 Å². The summed E-state index contributed by atoms with van der Waals surface area (Å²) in [5.41, 5.74) is 2.22. The molecule has 0 unspecified atom stereocenters. The van der Waals surface area contributed by atoms with Gasteiger partial charge in [-0.25, -0.2) is 4.98 Å². The Morgan fingerprint density at radius 1 is 1.15 bits per heavy atom. The highest BCUT2D eigenvalue weighted by Gasteiger charge is 2.08. The zero-order valence-electron chi connectivity index (χ0n) is 12.6. The van der Waals surface area contributed by atoms with E-state index in [2.05, 4.69) is 46.2 Å². The van der Waals surface area contributed by atoms with Crippen molar-refractivity contribution in [3.05, 3.63) is 47.7 Å². The van der Waals surface area contributed by atoms with Crippen molar-refractivity contribution in [3.8, 4) is 0 Å². The first-order valence-electron chi connectivity index (χ1n) is 6.92. The van der Waals surface area contributed by atoms with Crippen LogP contribution in [0.25, 0.3) is 0 Å². The lowest BCUT2D eigenvalue weighted by Gasteiger charge is -2.19. The van der Waals surface area contributed by atoms with Crippen LogP contribution in [-0.4, -0.2) is 23.1 Å². The minimum absolute atomic E-state index is 0.358. The maximum atomic E-state index is 4.57. The zero-order chi connectivity index (χ0) is 14.5. The summed E-state index contributed by atoms with van der Waals surface area (Å²) in [5, 5.41) is 3.33. The number of benzene rings is 1. The topological polar surface area (TPSA) is 41.1 Å². The molecule has 0 amide bonds. The van der Waals surface area contributed by atoms with Crippen molar-refractivity contribution in [3.63, 3.8) is 0 Å². The maximum absolute atomic E-state index is 4.57. The van der Waals surface area contributed by atoms with Crippen LogP contribution in [0.2, 0.25) is 0 Å². The molecule has 0 aliphatic rings. The van der Waals surface area contributed by atoms with Crippen LogP contribution in [-0.2, 0) is 6.54 Å². The van der Waals surface area contributed by atoms with Crippen LogP contribution in [0.4, 0.5) is 11.8 Å². The van der Waals surface area contributed by atoms with Gasteiger partial charge in [-0.15, -0.1) is 0 Å². The fraction of sp³-hybridized carbons (Fsp3) is 0.375. The molecule has 0 fully saturated rings. The van der Waals surface area contributed by atoms with Crippen LogP contribution in [0.3, 0.4) is 0 Å². The highest BCUT2D eigenvalue weighted by Crippen LogP contribution is 2.15. The summed E-state index contributed by atoms with van der Waals surface area (Å²) < 4.78 is 0. The van der Waals surface area contributed by atoms with Crippen molar-refractivity contribution in [2.45, 2.75) is 33.4 Å².